The van der Waals surface area contributed by atoms with Gasteiger partial charge in [-0.3, -0.25) is 4.90 Å². The Morgan fingerprint density at radius 3 is 3.00 bits per heavy atom. The molecule has 0 bridgehead atoms. The molecule has 1 nitrogen and oxygen atoms in total. The van der Waals surface area contributed by atoms with Crippen molar-refractivity contribution in [3.05, 3.63) is 41.7 Å². The van der Waals surface area contributed by atoms with E-state index in [1.54, 1.807) is 12.1 Å². The number of hydrogen-bond acceptors (Lipinski definition) is 1. The highest BCUT2D eigenvalue weighted by atomic mass is 19.1. The third-order valence-electron chi connectivity index (χ3n) is 3.33. The smallest absolute Gasteiger partial charge is 0.124 e. The number of hydrogen-bond donors (Lipinski definition) is 0. The quantitative estimate of drug-likeness (QED) is 0.750. The van der Waals surface area contributed by atoms with Gasteiger partial charge >= 0.3 is 0 Å². The van der Waals surface area contributed by atoms with Crippen LogP contribution in [0.25, 0.3) is 6.08 Å². The molecular formula is C14H18FN. The molecule has 0 radical (unpaired) electrons. The summed E-state index contributed by atoms with van der Waals surface area (Å²) in [4.78, 5) is 2.40. The summed E-state index contributed by atoms with van der Waals surface area (Å²) in [7, 11) is 0. The van der Waals surface area contributed by atoms with Crippen LogP contribution in [0.5, 0.6) is 0 Å². The van der Waals surface area contributed by atoms with E-state index in [-0.39, 0.29) is 5.82 Å². The van der Waals surface area contributed by atoms with Crippen LogP contribution in [0.2, 0.25) is 0 Å². The van der Waals surface area contributed by atoms with Gasteiger partial charge < -0.3 is 0 Å². The fraction of sp³-hybridized carbons (Fsp3) is 0.429. The van der Waals surface area contributed by atoms with Crippen LogP contribution in [0, 0.1) is 5.82 Å². The molecule has 0 saturated carbocycles. The van der Waals surface area contributed by atoms with Gasteiger partial charge in [0.25, 0.3) is 0 Å². The maximum absolute atomic E-state index is 13.4. The molecule has 1 atom stereocenters. The standard InChI is InChI=1S/C14H18FN/c1-3-11-8-12(10-13(15)9-11)14-6-5-7-16(14)4-2/h3,8-10,14H,1,4-7H2,2H3. The van der Waals surface area contributed by atoms with Crippen LogP contribution in [0.1, 0.15) is 36.9 Å². The highest BCUT2D eigenvalue weighted by Crippen LogP contribution is 2.32. The molecule has 0 spiro atoms. The van der Waals surface area contributed by atoms with Gasteiger partial charge in [-0.15, -0.1) is 0 Å². The van der Waals surface area contributed by atoms with E-state index in [2.05, 4.69) is 24.5 Å². The third-order valence-corrected chi connectivity index (χ3v) is 3.33. The fourth-order valence-corrected chi connectivity index (χ4v) is 2.53. The summed E-state index contributed by atoms with van der Waals surface area (Å²) in [5.41, 5.74) is 1.97. The SMILES string of the molecule is C=Cc1cc(F)cc(C2CCCN2CC)c1. The fourth-order valence-electron chi connectivity index (χ4n) is 2.53. The average molecular weight is 219 g/mol. The van der Waals surface area contributed by atoms with Gasteiger partial charge in [0, 0.05) is 6.04 Å². The van der Waals surface area contributed by atoms with Gasteiger partial charge in [0.05, 0.1) is 0 Å². The maximum atomic E-state index is 13.4. The van der Waals surface area contributed by atoms with Gasteiger partial charge in [-0.1, -0.05) is 19.6 Å². The first-order valence-corrected chi connectivity index (χ1v) is 5.91. The molecule has 1 saturated heterocycles. The molecule has 1 unspecified atom stereocenters. The number of halogens is 1. The Labute approximate surface area is 96.6 Å². The largest absolute Gasteiger partial charge is 0.297 e. The lowest BCUT2D eigenvalue weighted by atomic mass is 10.0. The average Bonchev–Trinajstić information content (AvgIpc) is 2.76. The molecule has 1 aliphatic rings. The summed E-state index contributed by atoms with van der Waals surface area (Å²) in [5.74, 6) is -0.157. The number of rotatable bonds is 3. The van der Waals surface area contributed by atoms with Crippen molar-refractivity contribution in [2.75, 3.05) is 13.1 Å². The summed E-state index contributed by atoms with van der Waals surface area (Å²) in [6.07, 6.45) is 4.05. The van der Waals surface area contributed by atoms with E-state index in [4.69, 9.17) is 0 Å². The summed E-state index contributed by atoms with van der Waals surface area (Å²) in [6, 6.07) is 5.63. The molecule has 1 aromatic rings. The predicted octanol–water partition coefficient (Wildman–Crippen LogP) is 3.63. The second kappa shape index (κ2) is 4.79. The van der Waals surface area contributed by atoms with Gasteiger partial charge in [0.15, 0.2) is 0 Å². The van der Waals surface area contributed by atoms with Crippen molar-refractivity contribution in [3.63, 3.8) is 0 Å². The van der Waals surface area contributed by atoms with Crippen molar-refractivity contribution in [3.8, 4) is 0 Å². The van der Waals surface area contributed by atoms with E-state index in [9.17, 15) is 4.39 Å². The molecule has 1 aromatic carbocycles. The first-order valence-electron chi connectivity index (χ1n) is 5.91. The van der Waals surface area contributed by atoms with Gasteiger partial charge in [-0.2, -0.15) is 0 Å². The lowest BCUT2D eigenvalue weighted by molar-refractivity contribution is 0.271. The lowest BCUT2D eigenvalue weighted by Gasteiger charge is -2.23. The van der Waals surface area contributed by atoms with Crippen molar-refractivity contribution in [2.24, 2.45) is 0 Å². The van der Waals surface area contributed by atoms with E-state index in [1.807, 2.05) is 0 Å². The van der Waals surface area contributed by atoms with Crippen LogP contribution in [-0.2, 0) is 0 Å². The summed E-state index contributed by atoms with van der Waals surface area (Å²) < 4.78 is 13.4. The lowest BCUT2D eigenvalue weighted by Crippen LogP contribution is -2.22. The van der Waals surface area contributed by atoms with E-state index < -0.39 is 0 Å². The second-order valence-corrected chi connectivity index (χ2v) is 4.31. The Morgan fingerprint density at radius 2 is 2.31 bits per heavy atom. The molecule has 2 rings (SSSR count). The van der Waals surface area contributed by atoms with Gasteiger partial charge in [-0.25, -0.2) is 4.39 Å². The monoisotopic (exact) mass is 219 g/mol. The Kier molecular flexibility index (Phi) is 3.39. The van der Waals surface area contributed by atoms with E-state index >= 15 is 0 Å². The summed E-state index contributed by atoms with van der Waals surface area (Å²) in [6.45, 7) is 8.02. The molecular weight excluding hydrogens is 201 g/mol. The van der Waals surface area contributed by atoms with Gasteiger partial charge in [0.2, 0.25) is 0 Å². The topological polar surface area (TPSA) is 3.24 Å². The second-order valence-electron chi connectivity index (χ2n) is 4.31. The van der Waals surface area contributed by atoms with Crippen molar-refractivity contribution in [1.82, 2.24) is 4.90 Å². The van der Waals surface area contributed by atoms with E-state index in [1.165, 1.54) is 12.5 Å². The zero-order chi connectivity index (χ0) is 11.5. The molecule has 0 aliphatic carbocycles. The Bertz CT molecular complexity index is 386. The van der Waals surface area contributed by atoms with Crippen molar-refractivity contribution in [2.45, 2.75) is 25.8 Å². The van der Waals surface area contributed by atoms with Crippen LogP contribution in [0.15, 0.2) is 24.8 Å². The van der Waals surface area contributed by atoms with Crippen LogP contribution in [-0.4, -0.2) is 18.0 Å². The Balaban J connectivity index is 2.31. The zero-order valence-corrected chi connectivity index (χ0v) is 9.75. The minimum Gasteiger partial charge on any atom is -0.297 e. The minimum absolute atomic E-state index is 0.157. The normalized spacial score (nSPS) is 21.2. The van der Waals surface area contributed by atoms with Gasteiger partial charge in [0.1, 0.15) is 5.82 Å². The molecule has 1 fully saturated rings. The van der Waals surface area contributed by atoms with Crippen LogP contribution < -0.4 is 0 Å². The molecule has 16 heavy (non-hydrogen) atoms. The molecule has 2 heteroatoms. The number of nitrogens with zero attached hydrogens (tertiary/aromatic N) is 1. The molecule has 86 valence electrons. The minimum atomic E-state index is -0.157. The molecule has 1 aliphatic heterocycles. The predicted molar refractivity (Wildman–Crippen MR) is 65.7 cm³/mol. The van der Waals surface area contributed by atoms with E-state index in [0.29, 0.717) is 6.04 Å². The molecule has 1 heterocycles. The zero-order valence-electron chi connectivity index (χ0n) is 9.75. The van der Waals surface area contributed by atoms with Crippen molar-refractivity contribution in [1.29, 1.82) is 0 Å². The van der Waals surface area contributed by atoms with Crippen molar-refractivity contribution >= 4 is 6.08 Å². The summed E-state index contributed by atoms with van der Waals surface area (Å²) in [5, 5.41) is 0. The Hall–Kier alpha value is -1.15. The summed E-state index contributed by atoms with van der Waals surface area (Å²) >= 11 is 0. The highest BCUT2D eigenvalue weighted by molar-refractivity contribution is 5.48. The first kappa shape index (κ1) is 11.3. The third kappa shape index (κ3) is 2.17. The van der Waals surface area contributed by atoms with Crippen LogP contribution in [0.4, 0.5) is 4.39 Å². The van der Waals surface area contributed by atoms with Crippen LogP contribution in [0.3, 0.4) is 0 Å². The number of benzene rings is 1. The Morgan fingerprint density at radius 1 is 1.50 bits per heavy atom. The molecule has 0 N–H and O–H groups in total. The first-order chi connectivity index (χ1) is 7.74. The van der Waals surface area contributed by atoms with E-state index in [0.717, 1.165) is 30.6 Å². The highest BCUT2D eigenvalue weighted by Gasteiger charge is 2.24. The maximum Gasteiger partial charge on any atom is 0.124 e. The molecule has 0 aromatic heterocycles. The van der Waals surface area contributed by atoms with Gasteiger partial charge in [-0.05, 0) is 55.3 Å². The van der Waals surface area contributed by atoms with Crippen LogP contribution >= 0.6 is 0 Å². The number of likely N-dealkylation sites (tertiary alicyclic amines) is 1. The molecule has 0 amide bonds. The van der Waals surface area contributed by atoms with Crippen molar-refractivity contribution < 1.29 is 4.39 Å².